The number of aryl methyl sites for hydroxylation is 1. The van der Waals surface area contributed by atoms with Crippen molar-refractivity contribution in [1.82, 2.24) is 24.4 Å². The Hall–Kier alpha value is -3.01. The van der Waals surface area contributed by atoms with Gasteiger partial charge < -0.3 is 9.64 Å². The SMILES string of the molecule is Cc1nc2cccc(C(F)(F)F)c2c(=O)n1-c1cnc(OC2CCN(C3CCC3)CC2)nc1. The lowest BCUT2D eigenvalue weighted by Gasteiger charge is -2.41. The van der Waals surface area contributed by atoms with E-state index in [9.17, 15) is 18.0 Å². The lowest BCUT2D eigenvalue weighted by Crippen LogP contribution is -2.46. The molecule has 5 rings (SSSR count). The molecule has 0 atom stereocenters. The minimum Gasteiger partial charge on any atom is -0.460 e. The Bertz CT molecular complexity index is 1210. The quantitative estimate of drug-likeness (QED) is 0.589. The Labute approximate surface area is 188 Å². The predicted molar refractivity (Wildman–Crippen MR) is 116 cm³/mol. The molecule has 7 nitrogen and oxygen atoms in total. The summed E-state index contributed by atoms with van der Waals surface area (Å²) in [7, 11) is 0. The summed E-state index contributed by atoms with van der Waals surface area (Å²) in [6, 6.07) is 4.43. The number of nitrogens with zero attached hydrogens (tertiary/aromatic N) is 5. The molecule has 1 aliphatic carbocycles. The van der Waals surface area contributed by atoms with Gasteiger partial charge in [0.05, 0.1) is 34.5 Å². The smallest absolute Gasteiger partial charge is 0.417 e. The van der Waals surface area contributed by atoms with E-state index in [1.54, 1.807) is 6.92 Å². The molecule has 1 aromatic carbocycles. The molecule has 1 saturated heterocycles. The largest absolute Gasteiger partial charge is 0.460 e. The Kier molecular flexibility index (Phi) is 5.55. The molecule has 2 fully saturated rings. The topological polar surface area (TPSA) is 73.1 Å². The number of rotatable bonds is 4. The third-order valence-corrected chi connectivity index (χ3v) is 6.58. The maximum absolute atomic E-state index is 13.5. The van der Waals surface area contributed by atoms with Gasteiger partial charge in [-0.05, 0) is 44.7 Å². The van der Waals surface area contributed by atoms with Crippen LogP contribution >= 0.6 is 0 Å². The van der Waals surface area contributed by atoms with Crippen LogP contribution in [0.5, 0.6) is 6.01 Å². The molecule has 0 N–H and O–H groups in total. The van der Waals surface area contributed by atoms with E-state index >= 15 is 0 Å². The monoisotopic (exact) mass is 459 g/mol. The van der Waals surface area contributed by atoms with Crippen LogP contribution in [0.15, 0.2) is 35.4 Å². The van der Waals surface area contributed by atoms with Crippen LogP contribution in [0.4, 0.5) is 13.2 Å². The second-order valence-electron chi connectivity index (χ2n) is 8.66. The fourth-order valence-electron chi connectivity index (χ4n) is 4.63. The van der Waals surface area contributed by atoms with Crippen LogP contribution in [0.2, 0.25) is 0 Å². The van der Waals surface area contributed by atoms with Gasteiger partial charge in [0.2, 0.25) is 0 Å². The van der Waals surface area contributed by atoms with E-state index in [2.05, 4.69) is 19.9 Å². The molecule has 3 aromatic rings. The third kappa shape index (κ3) is 4.19. The zero-order chi connectivity index (χ0) is 23.2. The van der Waals surface area contributed by atoms with Gasteiger partial charge in [0.25, 0.3) is 5.56 Å². The molecule has 0 radical (unpaired) electrons. The van der Waals surface area contributed by atoms with E-state index in [0.717, 1.165) is 42.6 Å². The first kappa shape index (κ1) is 21.8. The number of likely N-dealkylation sites (tertiary alicyclic amines) is 1. The van der Waals surface area contributed by atoms with Crippen molar-refractivity contribution in [3.8, 4) is 11.7 Å². The van der Waals surface area contributed by atoms with Gasteiger partial charge >= 0.3 is 12.2 Å². The maximum atomic E-state index is 13.5. The summed E-state index contributed by atoms with van der Waals surface area (Å²) in [4.78, 5) is 28.2. The van der Waals surface area contributed by atoms with Gasteiger partial charge in [-0.25, -0.2) is 15.0 Å². The van der Waals surface area contributed by atoms with E-state index in [4.69, 9.17) is 4.74 Å². The number of alkyl halides is 3. The van der Waals surface area contributed by atoms with Crippen molar-refractivity contribution >= 4 is 10.9 Å². The Morgan fingerprint density at radius 3 is 2.36 bits per heavy atom. The molecule has 0 bridgehead atoms. The van der Waals surface area contributed by atoms with Gasteiger partial charge in [-0.15, -0.1) is 0 Å². The van der Waals surface area contributed by atoms with E-state index in [1.165, 1.54) is 43.8 Å². The summed E-state index contributed by atoms with van der Waals surface area (Å²) in [6.45, 7) is 3.54. The standard InChI is InChI=1S/C23H24F3N5O2/c1-14-29-19-7-3-6-18(23(24,25)26)20(19)21(32)31(14)16-12-27-22(28-13-16)33-17-8-10-30(11-9-17)15-4-2-5-15/h3,6-7,12-13,15,17H,2,4-5,8-11H2,1H3. The van der Waals surface area contributed by atoms with Gasteiger partial charge in [0.15, 0.2) is 0 Å². The summed E-state index contributed by atoms with van der Waals surface area (Å²) < 4.78 is 47.5. The summed E-state index contributed by atoms with van der Waals surface area (Å²) in [5, 5.41) is -0.478. The van der Waals surface area contributed by atoms with Crippen LogP contribution in [-0.2, 0) is 6.18 Å². The molecule has 33 heavy (non-hydrogen) atoms. The summed E-state index contributed by atoms with van der Waals surface area (Å²) in [6.07, 6.45) is 3.78. The van der Waals surface area contributed by atoms with Crippen molar-refractivity contribution in [3.05, 3.63) is 52.3 Å². The van der Waals surface area contributed by atoms with Crippen molar-refractivity contribution in [3.63, 3.8) is 0 Å². The van der Waals surface area contributed by atoms with Gasteiger partial charge in [0.1, 0.15) is 11.9 Å². The molecule has 0 unspecified atom stereocenters. The molecule has 174 valence electrons. The summed E-state index contributed by atoms with van der Waals surface area (Å²) in [5.41, 5.74) is -1.60. The molecule has 0 spiro atoms. The first-order valence-corrected chi connectivity index (χ1v) is 11.1. The van der Waals surface area contributed by atoms with Gasteiger partial charge in [-0.3, -0.25) is 9.36 Å². The number of aromatic nitrogens is 4. The third-order valence-electron chi connectivity index (χ3n) is 6.58. The predicted octanol–water partition coefficient (Wildman–Crippen LogP) is 3.90. The Balaban J connectivity index is 1.38. The second-order valence-corrected chi connectivity index (χ2v) is 8.66. The van der Waals surface area contributed by atoms with Crippen LogP contribution in [0, 0.1) is 6.92 Å². The molecule has 0 amide bonds. The zero-order valence-electron chi connectivity index (χ0n) is 18.2. The molecule has 10 heteroatoms. The van der Waals surface area contributed by atoms with Gasteiger partial charge in [-0.2, -0.15) is 13.2 Å². The summed E-state index contributed by atoms with van der Waals surface area (Å²) >= 11 is 0. The highest BCUT2D eigenvalue weighted by Crippen LogP contribution is 2.33. The number of hydrogen-bond acceptors (Lipinski definition) is 6. The van der Waals surface area contributed by atoms with Crippen LogP contribution < -0.4 is 10.3 Å². The highest BCUT2D eigenvalue weighted by Gasteiger charge is 2.34. The van der Waals surface area contributed by atoms with Crippen LogP contribution in [-0.4, -0.2) is 49.7 Å². The number of halogens is 3. The lowest BCUT2D eigenvalue weighted by atomic mass is 9.90. The van der Waals surface area contributed by atoms with Crippen molar-refractivity contribution < 1.29 is 17.9 Å². The molecule has 2 aliphatic rings. The minimum atomic E-state index is -4.67. The van der Waals surface area contributed by atoms with Crippen molar-refractivity contribution in [2.24, 2.45) is 0 Å². The molecule has 2 aromatic heterocycles. The minimum absolute atomic E-state index is 0.00214. The molecule has 1 saturated carbocycles. The fourth-order valence-corrected chi connectivity index (χ4v) is 4.63. The first-order chi connectivity index (χ1) is 15.8. The highest BCUT2D eigenvalue weighted by molar-refractivity contribution is 5.82. The lowest BCUT2D eigenvalue weighted by molar-refractivity contribution is -0.136. The van der Waals surface area contributed by atoms with Crippen LogP contribution in [0.1, 0.15) is 43.5 Å². The fraction of sp³-hybridized carbons (Fsp3) is 0.478. The molecular weight excluding hydrogens is 435 g/mol. The molecule has 1 aliphatic heterocycles. The van der Waals surface area contributed by atoms with E-state index in [0.29, 0.717) is 0 Å². The first-order valence-electron chi connectivity index (χ1n) is 11.1. The van der Waals surface area contributed by atoms with E-state index < -0.39 is 22.7 Å². The number of ether oxygens (including phenoxy) is 1. The number of fused-ring (bicyclic) bond motifs is 1. The average Bonchev–Trinajstić information content (AvgIpc) is 2.74. The maximum Gasteiger partial charge on any atom is 0.417 e. The van der Waals surface area contributed by atoms with Crippen molar-refractivity contribution in [2.75, 3.05) is 13.1 Å². The summed E-state index contributed by atoms with van der Waals surface area (Å²) in [5.74, 6) is 0.243. The highest BCUT2D eigenvalue weighted by atomic mass is 19.4. The zero-order valence-corrected chi connectivity index (χ0v) is 18.2. The second kappa shape index (κ2) is 8.40. The van der Waals surface area contributed by atoms with Crippen LogP contribution in [0.25, 0.3) is 16.6 Å². The van der Waals surface area contributed by atoms with Gasteiger partial charge in [0, 0.05) is 19.1 Å². The van der Waals surface area contributed by atoms with E-state index in [1.807, 2.05) is 0 Å². The Morgan fingerprint density at radius 2 is 1.76 bits per heavy atom. The van der Waals surface area contributed by atoms with E-state index in [-0.39, 0.29) is 29.1 Å². The molecule has 3 heterocycles. The normalized spacial score (nSPS) is 18.4. The van der Waals surface area contributed by atoms with Crippen molar-refractivity contribution in [2.45, 2.75) is 57.3 Å². The number of benzene rings is 1. The van der Waals surface area contributed by atoms with Crippen LogP contribution in [0.3, 0.4) is 0 Å². The number of piperidine rings is 1. The molecular formula is C23H24F3N5O2. The number of hydrogen-bond donors (Lipinski definition) is 0. The Morgan fingerprint density at radius 1 is 1.06 bits per heavy atom. The average molecular weight is 459 g/mol. The van der Waals surface area contributed by atoms with Gasteiger partial charge in [-0.1, -0.05) is 12.5 Å². The van der Waals surface area contributed by atoms with Crippen molar-refractivity contribution in [1.29, 1.82) is 0 Å².